The van der Waals surface area contributed by atoms with Crippen LogP contribution in [0.15, 0.2) is 0 Å². The molecule has 0 spiro atoms. The molecule has 6 heteroatoms. The lowest BCUT2D eigenvalue weighted by Crippen LogP contribution is -2.34. The van der Waals surface area contributed by atoms with Gasteiger partial charge in [0, 0.05) is 7.11 Å². The lowest BCUT2D eigenvalue weighted by molar-refractivity contribution is -0.128. The summed E-state index contributed by atoms with van der Waals surface area (Å²) >= 11 is 0. The molecule has 0 aromatic carbocycles. The van der Waals surface area contributed by atoms with Crippen LogP contribution in [0, 0.1) is 0 Å². The van der Waals surface area contributed by atoms with Crippen molar-refractivity contribution < 1.29 is 29.2 Å². The Kier molecular flexibility index (Phi) is 12.7. The highest BCUT2D eigenvalue weighted by Crippen LogP contribution is 2.34. The summed E-state index contributed by atoms with van der Waals surface area (Å²) in [6.07, 6.45) is 13.3. The highest BCUT2D eigenvalue weighted by atomic mass is 16.7. The second kappa shape index (κ2) is 14.7. The fraction of sp³-hybridized carbons (Fsp3) is 1.00. The molecule has 0 radical (unpaired) electrons. The second-order valence-electron chi connectivity index (χ2n) is 8.76. The van der Waals surface area contributed by atoms with Gasteiger partial charge in [-0.3, -0.25) is 0 Å². The molecule has 2 rings (SSSR count). The Morgan fingerprint density at radius 3 is 1.93 bits per heavy atom. The summed E-state index contributed by atoms with van der Waals surface area (Å²) in [6.45, 7) is 2.64. The van der Waals surface area contributed by atoms with Crippen LogP contribution in [0.4, 0.5) is 0 Å². The van der Waals surface area contributed by atoms with Gasteiger partial charge in [0.05, 0.1) is 37.1 Å². The van der Waals surface area contributed by atoms with Crippen LogP contribution in [0.25, 0.3) is 0 Å². The van der Waals surface area contributed by atoms with Gasteiger partial charge >= 0.3 is 0 Å². The smallest absolute Gasteiger partial charge is 0.146 e. The highest BCUT2D eigenvalue weighted by Gasteiger charge is 2.40. The highest BCUT2D eigenvalue weighted by molar-refractivity contribution is 4.89. The minimum absolute atomic E-state index is 0.0115. The molecule has 2 fully saturated rings. The van der Waals surface area contributed by atoms with Gasteiger partial charge in [0.1, 0.15) is 12.9 Å². The first-order valence-corrected chi connectivity index (χ1v) is 11.9. The third kappa shape index (κ3) is 9.19. The molecule has 172 valence electrons. The largest absolute Gasteiger partial charge is 0.390 e. The molecular formula is C23H44O6. The van der Waals surface area contributed by atoms with Gasteiger partial charge in [-0.1, -0.05) is 58.3 Å². The van der Waals surface area contributed by atoms with E-state index in [1.165, 1.54) is 44.9 Å². The predicted molar refractivity (Wildman–Crippen MR) is 113 cm³/mol. The maximum atomic E-state index is 10.5. The Morgan fingerprint density at radius 1 is 0.793 bits per heavy atom. The summed E-state index contributed by atoms with van der Waals surface area (Å²) in [5.74, 6) is 0. The van der Waals surface area contributed by atoms with Gasteiger partial charge in [0.25, 0.3) is 0 Å². The fourth-order valence-electron chi connectivity index (χ4n) is 4.52. The van der Waals surface area contributed by atoms with Crippen molar-refractivity contribution in [2.45, 2.75) is 127 Å². The molecule has 29 heavy (non-hydrogen) atoms. The van der Waals surface area contributed by atoms with Crippen molar-refractivity contribution in [1.29, 1.82) is 0 Å². The number of unbranched alkanes of at least 4 members (excludes halogenated alkanes) is 7. The first kappa shape index (κ1) is 25.0. The molecule has 0 bridgehead atoms. The van der Waals surface area contributed by atoms with E-state index in [1.54, 1.807) is 7.11 Å². The van der Waals surface area contributed by atoms with Crippen molar-refractivity contribution in [3.05, 3.63) is 0 Å². The molecule has 2 aliphatic heterocycles. The van der Waals surface area contributed by atoms with Crippen LogP contribution in [0.2, 0.25) is 0 Å². The number of rotatable bonds is 16. The molecule has 0 amide bonds. The molecule has 0 aromatic heterocycles. The number of hydrogen-bond acceptors (Lipinski definition) is 6. The lowest BCUT2D eigenvalue weighted by atomic mass is 10.0. The van der Waals surface area contributed by atoms with Crippen molar-refractivity contribution in [2.24, 2.45) is 0 Å². The molecule has 2 N–H and O–H groups in total. The Labute approximate surface area is 177 Å². The van der Waals surface area contributed by atoms with Gasteiger partial charge in [-0.05, 0) is 32.1 Å². The van der Waals surface area contributed by atoms with Crippen LogP contribution in [0.3, 0.4) is 0 Å². The van der Waals surface area contributed by atoms with Gasteiger partial charge in [0.2, 0.25) is 0 Å². The van der Waals surface area contributed by atoms with Gasteiger partial charge in [-0.25, -0.2) is 0 Å². The predicted octanol–water partition coefficient (Wildman–Crippen LogP) is 3.95. The lowest BCUT2D eigenvalue weighted by Gasteiger charge is -2.24. The van der Waals surface area contributed by atoms with E-state index in [0.717, 1.165) is 38.5 Å². The van der Waals surface area contributed by atoms with E-state index in [0.29, 0.717) is 0 Å². The molecule has 0 aliphatic carbocycles. The Bertz CT molecular complexity index is 407. The van der Waals surface area contributed by atoms with Crippen molar-refractivity contribution in [3.63, 3.8) is 0 Å². The van der Waals surface area contributed by atoms with Gasteiger partial charge in [-0.15, -0.1) is 0 Å². The quantitative estimate of drug-likeness (QED) is 0.293. The molecule has 6 nitrogen and oxygen atoms in total. The van der Waals surface area contributed by atoms with Crippen molar-refractivity contribution >= 4 is 0 Å². The third-order valence-corrected chi connectivity index (χ3v) is 6.29. The molecular weight excluding hydrogens is 372 g/mol. The van der Waals surface area contributed by atoms with E-state index in [-0.39, 0.29) is 43.9 Å². The van der Waals surface area contributed by atoms with E-state index >= 15 is 0 Å². The summed E-state index contributed by atoms with van der Waals surface area (Å²) < 4.78 is 22.3. The summed E-state index contributed by atoms with van der Waals surface area (Å²) in [7, 11) is 1.56. The molecule has 0 aromatic rings. The fourth-order valence-corrected chi connectivity index (χ4v) is 4.52. The monoisotopic (exact) mass is 416 g/mol. The van der Waals surface area contributed by atoms with Gasteiger partial charge in [0.15, 0.2) is 0 Å². The number of aliphatic hydroxyl groups excluding tert-OH is 2. The van der Waals surface area contributed by atoms with Crippen LogP contribution in [-0.2, 0) is 18.9 Å². The van der Waals surface area contributed by atoms with Crippen molar-refractivity contribution in [1.82, 2.24) is 0 Å². The summed E-state index contributed by atoms with van der Waals surface area (Å²) in [4.78, 5) is 0. The third-order valence-electron chi connectivity index (χ3n) is 6.29. The maximum absolute atomic E-state index is 10.5. The summed E-state index contributed by atoms with van der Waals surface area (Å²) in [5, 5.41) is 20.7. The molecule has 0 unspecified atom stereocenters. The molecule has 2 saturated heterocycles. The number of methoxy groups -OCH3 is 1. The van der Waals surface area contributed by atoms with Gasteiger partial charge < -0.3 is 29.2 Å². The zero-order valence-electron chi connectivity index (χ0n) is 18.6. The Balaban J connectivity index is 1.56. The minimum atomic E-state index is -0.639. The molecule has 2 aliphatic rings. The molecule has 2 heterocycles. The standard InChI is InChI=1S/C23H44O6/c1-3-4-5-6-7-8-9-10-11-18(24)20-12-14-22(28-20)23-15-13-21(29-23)19(25)16-27-17-26-2/h18-25H,3-17H2,1-2H3/t18-,19+,20+,21+,22+,23+/m0/s1. The average molecular weight is 417 g/mol. The first-order valence-electron chi connectivity index (χ1n) is 11.9. The van der Waals surface area contributed by atoms with Crippen LogP contribution >= 0.6 is 0 Å². The summed E-state index contributed by atoms with van der Waals surface area (Å²) in [6, 6.07) is 0. The minimum Gasteiger partial charge on any atom is -0.390 e. The zero-order valence-corrected chi connectivity index (χ0v) is 18.6. The van der Waals surface area contributed by atoms with Crippen molar-refractivity contribution in [3.8, 4) is 0 Å². The Hall–Kier alpha value is -0.240. The van der Waals surface area contributed by atoms with E-state index in [2.05, 4.69) is 6.92 Å². The molecule has 6 atom stereocenters. The zero-order chi connectivity index (χ0) is 20.9. The van der Waals surface area contributed by atoms with E-state index in [1.807, 2.05) is 0 Å². The van der Waals surface area contributed by atoms with Crippen LogP contribution in [0.1, 0.15) is 90.4 Å². The van der Waals surface area contributed by atoms with Crippen molar-refractivity contribution in [2.75, 3.05) is 20.5 Å². The SMILES string of the molecule is CCCCCCCCCC[C@H](O)[C@H]1CC[C@H]([C@H]2CC[C@H]([C@H](O)COCOC)O2)O1. The Morgan fingerprint density at radius 2 is 1.34 bits per heavy atom. The van der Waals surface area contributed by atoms with Crippen LogP contribution < -0.4 is 0 Å². The topological polar surface area (TPSA) is 77.4 Å². The van der Waals surface area contributed by atoms with E-state index in [9.17, 15) is 10.2 Å². The van der Waals surface area contributed by atoms with Crippen LogP contribution in [0.5, 0.6) is 0 Å². The normalized spacial score (nSPS) is 29.4. The first-order chi connectivity index (χ1) is 14.2. The van der Waals surface area contributed by atoms with E-state index in [4.69, 9.17) is 18.9 Å². The number of aliphatic hydroxyl groups is 2. The van der Waals surface area contributed by atoms with E-state index < -0.39 is 6.10 Å². The second-order valence-corrected chi connectivity index (χ2v) is 8.76. The number of ether oxygens (including phenoxy) is 4. The number of hydrogen-bond donors (Lipinski definition) is 2. The molecule has 0 saturated carbocycles. The maximum Gasteiger partial charge on any atom is 0.146 e. The van der Waals surface area contributed by atoms with Crippen LogP contribution in [-0.4, -0.2) is 67.3 Å². The summed E-state index contributed by atoms with van der Waals surface area (Å²) in [5.41, 5.74) is 0. The average Bonchev–Trinajstić information content (AvgIpc) is 3.39. The van der Waals surface area contributed by atoms with Gasteiger partial charge in [-0.2, -0.15) is 0 Å².